The molecular formula is C11H16N6O. The first-order valence-electron chi connectivity index (χ1n) is 6.18. The number of nitrogens with zero attached hydrogens (tertiary/aromatic N) is 5. The second kappa shape index (κ2) is 4.32. The van der Waals surface area contributed by atoms with E-state index in [1.165, 1.54) is 4.68 Å². The molecular weight excluding hydrogens is 232 g/mol. The Kier molecular flexibility index (Phi) is 2.66. The van der Waals surface area contributed by atoms with Gasteiger partial charge in [-0.2, -0.15) is 10.2 Å². The third-order valence-corrected chi connectivity index (χ3v) is 3.23. The monoisotopic (exact) mass is 248 g/mol. The number of hydrogen-bond acceptors (Lipinski definition) is 4. The smallest absolute Gasteiger partial charge is 0.345 e. The van der Waals surface area contributed by atoms with Crippen molar-refractivity contribution >= 4 is 5.69 Å². The zero-order valence-corrected chi connectivity index (χ0v) is 10.1. The Hall–Kier alpha value is -2.05. The predicted molar refractivity (Wildman–Crippen MR) is 66.1 cm³/mol. The molecule has 0 atom stereocenters. The average molecular weight is 248 g/mol. The van der Waals surface area contributed by atoms with Crippen molar-refractivity contribution in [2.45, 2.75) is 38.9 Å². The van der Waals surface area contributed by atoms with Crippen LogP contribution in [0.1, 0.15) is 18.7 Å². The fourth-order valence-electron chi connectivity index (χ4n) is 2.29. The predicted octanol–water partition coefficient (Wildman–Crippen LogP) is -0.140. The molecule has 2 aromatic heterocycles. The van der Waals surface area contributed by atoms with Crippen molar-refractivity contribution in [1.82, 2.24) is 24.1 Å². The van der Waals surface area contributed by atoms with Crippen LogP contribution in [-0.2, 0) is 26.1 Å². The minimum atomic E-state index is -0.00942. The zero-order valence-electron chi connectivity index (χ0n) is 10.1. The summed E-state index contributed by atoms with van der Waals surface area (Å²) < 4.78 is 5.03. The number of rotatable bonds is 3. The van der Waals surface area contributed by atoms with Crippen molar-refractivity contribution in [1.29, 1.82) is 0 Å². The SMILES string of the molecule is Nc1cnn(CCn2nc3n(c2=O)CCCC3)c1. The lowest BCUT2D eigenvalue weighted by Crippen LogP contribution is -2.28. The highest BCUT2D eigenvalue weighted by atomic mass is 16.2. The van der Waals surface area contributed by atoms with E-state index < -0.39 is 0 Å². The van der Waals surface area contributed by atoms with Gasteiger partial charge in [0.1, 0.15) is 5.82 Å². The van der Waals surface area contributed by atoms with Crippen molar-refractivity contribution in [2.24, 2.45) is 0 Å². The Labute approximate surface area is 104 Å². The van der Waals surface area contributed by atoms with E-state index >= 15 is 0 Å². The highest BCUT2D eigenvalue weighted by molar-refractivity contribution is 5.30. The average Bonchev–Trinajstić information content (AvgIpc) is 2.92. The van der Waals surface area contributed by atoms with Crippen LogP contribution in [0.2, 0.25) is 0 Å². The quantitative estimate of drug-likeness (QED) is 0.819. The van der Waals surface area contributed by atoms with Gasteiger partial charge in [0.15, 0.2) is 0 Å². The first kappa shape index (κ1) is 11.1. The number of aryl methyl sites for hydroxylation is 3. The molecule has 0 aliphatic carbocycles. The summed E-state index contributed by atoms with van der Waals surface area (Å²) in [6.07, 6.45) is 6.43. The summed E-state index contributed by atoms with van der Waals surface area (Å²) in [6, 6.07) is 0. The lowest BCUT2D eigenvalue weighted by Gasteiger charge is -2.09. The number of aromatic nitrogens is 5. The minimum Gasteiger partial charge on any atom is -0.396 e. The Morgan fingerprint density at radius 2 is 2.22 bits per heavy atom. The van der Waals surface area contributed by atoms with E-state index in [-0.39, 0.29) is 5.69 Å². The summed E-state index contributed by atoms with van der Waals surface area (Å²) in [6.45, 7) is 1.93. The topological polar surface area (TPSA) is 83.7 Å². The largest absolute Gasteiger partial charge is 0.396 e. The maximum absolute atomic E-state index is 12.0. The van der Waals surface area contributed by atoms with E-state index in [1.54, 1.807) is 21.6 Å². The minimum absolute atomic E-state index is 0.00942. The molecule has 2 aromatic rings. The highest BCUT2D eigenvalue weighted by Gasteiger charge is 2.16. The standard InChI is InChI=1S/C11H16N6O/c12-9-7-13-15(8-9)5-6-17-11(18)16-4-2-1-3-10(16)14-17/h7-8H,1-6,12H2. The molecule has 0 saturated carbocycles. The number of hydrogen-bond donors (Lipinski definition) is 1. The molecule has 18 heavy (non-hydrogen) atoms. The van der Waals surface area contributed by atoms with Crippen LogP contribution in [0.4, 0.5) is 5.69 Å². The lowest BCUT2D eigenvalue weighted by molar-refractivity contribution is 0.482. The molecule has 7 heteroatoms. The molecule has 0 saturated heterocycles. The van der Waals surface area contributed by atoms with E-state index in [0.29, 0.717) is 18.8 Å². The van der Waals surface area contributed by atoms with Gasteiger partial charge in [0.2, 0.25) is 0 Å². The molecule has 3 rings (SSSR count). The van der Waals surface area contributed by atoms with Gasteiger partial charge < -0.3 is 5.73 Å². The number of nitrogen functional groups attached to an aromatic ring is 1. The van der Waals surface area contributed by atoms with Gasteiger partial charge in [-0.15, -0.1) is 0 Å². The van der Waals surface area contributed by atoms with Crippen LogP contribution < -0.4 is 11.4 Å². The van der Waals surface area contributed by atoms with Crippen LogP contribution in [0.5, 0.6) is 0 Å². The molecule has 0 bridgehead atoms. The number of fused-ring (bicyclic) bond motifs is 1. The van der Waals surface area contributed by atoms with Crippen LogP contribution in [0.15, 0.2) is 17.2 Å². The maximum Gasteiger partial charge on any atom is 0.345 e. The first-order valence-corrected chi connectivity index (χ1v) is 6.18. The number of anilines is 1. The molecule has 0 unspecified atom stereocenters. The van der Waals surface area contributed by atoms with E-state index in [0.717, 1.165) is 31.6 Å². The van der Waals surface area contributed by atoms with Gasteiger partial charge in [-0.3, -0.25) is 9.25 Å². The third kappa shape index (κ3) is 1.92. The molecule has 1 aliphatic rings. The van der Waals surface area contributed by atoms with Crippen molar-refractivity contribution < 1.29 is 0 Å². The molecule has 7 nitrogen and oxygen atoms in total. The van der Waals surface area contributed by atoms with Crippen LogP contribution in [0, 0.1) is 0 Å². The fourth-order valence-corrected chi connectivity index (χ4v) is 2.29. The number of nitrogens with two attached hydrogens (primary N) is 1. The van der Waals surface area contributed by atoms with Crippen molar-refractivity contribution in [3.05, 3.63) is 28.7 Å². The molecule has 1 aliphatic heterocycles. The molecule has 0 amide bonds. The Morgan fingerprint density at radius 3 is 2.94 bits per heavy atom. The van der Waals surface area contributed by atoms with Gasteiger partial charge >= 0.3 is 5.69 Å². The molecule has 0 aromatic carbocycles. The van der Waals surface area contributed by atoms with Gasteiger partial charge in [0.25, 0.3) is 0 Å². The van der Waals surface area contributed by atoms with E-state index in [9.17, 15) is 4.79 Å². The molecule has 0 radical (unpaired) electrons. The Balaban J connectivity index is 1.77. The van der Waals surface area contributed by atoms with Gasteiger partial charge in [-0.1, -0.05) is 0 Å². The van der Waals surface area contributed by atoms with Gasteiger partial charge in [-0.05, 0) is 12.8 Å². The third-order valence-electron chi connectivity index (χ3n) is 3.23. The van der Waals surface area contributed by atoms with E-state index in [2.05, 4.69) is 10.2 Å². The summed E-state index contributed by atoms with van der Waals surface area (Å²) in [4.78, 5) is 12.0. The van der Waals surface area contributed by atoms with Crippen LogP contribution in [0.3, 0.4) is 0 Å². The van der Waals surface area contributed by atoms with Crippen molar-refractivity contribution in [2.75, 3.05) is 5.73 Å². The summed E-state index contributed by atoms with van der Waals surface area (Å²) in [5.74, 6) is 0.909. The van der Waals surface area contributed by atoms with Gasteiger partial charge in [-0.25, -0.2) is 9.48 Å². The second-order valence-electron chi connectivity index (χ2n) is 4.57. The fraction of sp³-hybridized carbons (Fsp3) is 0.545. The normalized spacial score (nSPS) is 14.7. The van der Waals surface area contributed by atoms with Crippen molar-refractivity contribution in [3.8, 4) is 0 Å². The maximum atomic E-state index is 12.0. The zero-order chi connectivity index (χ0) is 12.5. The van der Waals surface area contributed by atoms with E-state index in [4.69, 9.17) is 5.73 Å². The van der Waals surface area contributed by atoms with Crippen LogP contribution in [0.25, 0.3) is 0 Å². The lowest BCUT2D eigenvalue weighted by atomic mass is 10.2. The van der Waals surface area contributed by atoms with Crippen molar-refractivity contribution in [3.63, 3.8) is 0 Å². The highest BCUT2D eigenvalue weighted by Crippen LogP contribution is 2.09. The first-order chi connectivity index (χ1) is 8.74. The molecule has 3 heterocycles. The van der Waals surface area contributed by atoms with Crippen LogP contribution in [-0.4, -0.2) is 24.1 Å². The Bertz CT molecular complexity index is 607. The van der Waals surface area contributed by atoms with Crippen LogP contribution >= 0.6 is 0 Å². The molecule has 2 N–H and O–H groups in total. The summed E-state index contributed by atoms with van der Waals surface area (Å²) in [5.41, 5.74) is 6.21. The molecule has 0 spiro atoms. The summed E-state index contributed by atoms with van der Waals surface area (Å²) in [5, 5.41) is 8.45. The molecule has 96 valence electrons. The van der Waals surface area contributed by atoms with E-state index in [1.807, 2.05) is 0 Å². The summed E-state index contributed by atoms with van der Waals surface area (Å²) in [7, 11) is 0. The van der Waals surface area contributed by atoms with Gasteiger partial charge in [0.05, 0.1) is 25.0 Å². The van der Waals surface area contributed by atoms with Gasteiger partial charge in [0, 0.05) is 19.2 Å². The second-order valence-corrected chi connectivity index (χ2v) is 4.57. The molecule has 0 fully saturated rings. The summed E-state index contributed by atoms with van der Waals surface area (Å²) >= 11 is 0. The Morgan fingerprint density at radius 1 is 1.33 bits per heavy atom.